The highest BCUT2D eigenvalue weighted by Gasteiger charge is 2.18. The highest BCUT2D eigenvalue weighted by Crippen LogP contribution is 2.26. The van der Waals surface area contributed by atoms with Crippen molar-refractivity contribution >= 4 is 22.5 Å². The molecule has 0 aliphatic rings. The van der Waals surface area contributed by atoms with Gasteiger partial charge in [0, 0.05) is 44.5 Å². The quantitative estimate of drug-likeness (QED) is 0.180. The number of amides is 1. The normalized spacial score (nSPS) is 12.2. The number of carbonyl (C=O) groups is 2. The number of ketones is 1. The number of benzene rings is 2. The van der Waals surface area contributed by atoms with Crippen molar-refractivity contribution < 1.29 is 9.59 Å². The summed E-state index contributed by atoms with van der Waals surface area (Å²) < 4.78 is 0. The number of aromatic nitrogens is 2. The van der Waals surface area contributed by atoms with Gasteiger partial charge in [0.1, 0.15) is 11.6 Å². The van der Waals surface area contributed by atoms with Gasteiger partial charge >= 0.3 is 0 Å². The summed E-state index contributed by atoms with van der Waals surface area (Å²) in [5, 5.41) is 7.66. The van der Waals surface area contributed by atoms with Gasteiger partial charge in [-0.3, -0.25) is 15.0 Å². The van der Waals surface area contributed by atoms with Crippen molar-refractivity contribution in [1.82, 2.24) is 25.7 Å². The standard InChI is InChI=1S/C29H41N5O2/c1-4-25(35)14-8-7-9-15-26(32-28(36)18-19-31-34(5-2)6-3)29-30-21-27(33-29)24-17-16-22-12-10-11-13-23(22)20-24/h10-13,16-17,20-21,26,31H,4-9,14-15,18-19H2,1-3H3,(H,30,33)(H,32,36)/t26-/m0/s1. The van der Waals surface area contributed by atoms with Gasteiger partial charge in [-0.2, -0.15) is 0 Å². The fraction of sp³-hybridized carbons (Fsp3) is 0.483. The van der Waals surface area contributed by atoms with Crippen molar-refractivity contribution in [2.45, 2.75) is 71.8 Å². The van der Waals surface area contributed by atoms with Crippen molar-refractivity contribution in [2.24, 2.45) is 0 Å². The van der Waals surface area contributed by atoms with E-state index in [-0.39, 0.29) is 11.9 Å². The number of hydrazine groups is 1. The fourth-order valence-electron chi connectivity index (χ4n) is 4.36. The van der Waals surface area contributed by atoms with Gasteiger partial charge in [-0.1, -0.05) is 70.0 Å². The zero-order valence-corrected chi connectivity index (χ0v) is 22.0. The molecule has 7 nitrogen and oxygen atoms in total. The Bertz CT molecular complexity index is 1110. The average Bonchev–Trinajstić information content (AvgIpc) is 3.40. The number of Topliss-reactive ketones (excluding diaryl/α,β-unsaturated/α-hetero) is 1. The second-order valence-corrected chi connectivity index (χ2v) is 9.19. The number of carbonyl (C=O) groups excluding carboxylic acids is 2. The molecule has 0 bridgehead atoms. The minimum absolute atomic E-state index is 0.00414. The lowest BCUT2D eigenvalue weighted by atomic mass is 10.0. The third kappa shape index (κ3) is 8.28. The van der Waals surface area contributed by atoms with Gasteiger partial charge in [-0.25, -0.2) is 9.99 Å². The van der Waals surface area contributed by atoms with Gasteiger partial charge in [-0.05, 0) is 29.7 Å². The number of nitrogens with zero attached hydrogens (tertiary/aromatic N) is 2. The van der Waals surface area contributed by atoms with E-state index in [1.165, 1.54) is 10.8 Å². The van der Waals surface area contributed by atoms with Crippen molar-refractivity contribution in [3.63, 3.8) is 0 Å². The van der Waals surface area contributed by atoms with Crippen molar-refractivity contribution in [3.8, 4) is 11.3 Å². The van der Waals surface area contributed by atoms with Gasteiger partial charge in [0.15, 0.2) is 0 Å². The third-order valence-electron chi connectivity index (χ3n) is 6.61. The average molecular weight is 492 g/mol. The number of hydrogen-bond donors (Lipinski definition) is 3. The van der Waals surface area contributed by atoms with E-state index in [9.17, 15) is 9.59 Å². The van der Waals surface area contributed by atoms with Crippen LogP contribution in [0.4, 0.5) is 0 Å². The zero-order chi connectivity index (χ0) is 25.8. The maximum atomic E-state index is 12.8. The number of imidazole rings is 1. The SMILES string of the molecule is CCC(=O)CCCCC[C@H](NC(=O)CCNN(CC)CC)c1ncc(-c2ccc3ccccc3c2)[nH]1. The first-order valence-corrected chi connectivity index (χ1v) is 13.4. The number of H-pyrrole nitrogens is 1. The molecule has 0 spiro atoms. The molecule has 0 saturated carbocycles. The summed E-state index contributed by atoms with van der Waals surface area (Å²) in [5.74, 6) is 1.09. The van der Waals surface area contributed by atoms with Crippen LogP contribution >= 0.6 is 0 Å². The molecule has 0 fully saturated rings. The first-order chi connectivity index (χ1) is 17.5. The van der Waals surface area contributed by atoms with E-state index in [0.29, 0.717) is 31.6 Å². The zero-order valence-electron chi connectivity index (χ0n) is 22.0. The van der Waals surface area contributed by atoms with Crippen LogP contribution in [0, 0.1) is 0 Å². The molecule has 1 atom stereocenters. The molecule has 1 heterocycles. The fourth-order valence-corrected chi connectivity index (χ4v) is 4.36. The Morgan fingerprint density at radius 1 is 0.972 bits per heavy atom. The van der Waals surface area contributed by atoms with Crippen molar-refractivity contribution in [1.29, 1.82) is 0 Å². The number of fused-ring (bicyclic) bond motifs is 1. The molecule has 0 saturated heterocycles. The molecule has 2 aromatic carbocycles. The lowest BCUT2D eigenvalue weighted by molar-refractivity contribution is -0.122. The molecule has 36 heavy (non-hydrogen) atoms. The molecule has 3 rings (SSSR count). The van der Waals surface area contributed by atoms with Crippen LogP contribution in [0.3, 0.4) is 0 Å². The molecule has 0 radical (unpaired) electrons. The van der Waals surface area contributed by atoms with E-state index in [0.717, 1.165) is 55.9 Å². The van der Waals surface area contributed by atoms with E-state index >= 15 is 0 Å². The Labute approximate surface area is 215 Å². The minimum atomic E-state index is -0.193. The smallest absolute Gasteiger partial charge is 0.221 e. The maximum absolute atomic E-state index is 12.8. The van der Waals surface area contributed by atoms with Crippen LogP contribution < -0.4 is 10.7 Å². The molecular formula is C29H41N5O2. The Kier molecular flexibility index (Phi) is 11.1. The molecule has 0 unspecified atom stereocenters. The van der Waals surface area contributed by atoms with Gasteiger partial charge in [-0.15, -0.1) is 0 Å². The van der Waals surface area contributed by atoms with Crippen LogP contribution in [0.25, 0.3) is 22.0 Å². The Morgan fingerprint density at radius 3 is 2.50 bits per heavy atom. The summed E-state index contributed by atoms with van der Waals surface area (Å²) in [4.78, 5) is 32.5. The molecule has 0 aliphatic heterocycles. The molecule has 0 aliphatic carbocycles. The highest BCUT2D eigenvalue weighted by atomic mass is 16.1. The van der Waals surface area contributed by atoms with Crippen LogP contribution in [0.1, 0.15) is 77.6 Å². The first-order valence-electron chi connectivity index (χ1n) is 13.4. The molecule has 7 heteroatoms. The van der Waals surface area contributed by atoms with Crippen LogP contribution in [-0.2, 0) is 9.59 Å². The topological polar surface area (TPSA) is 90.1 Å². The second kappa shape index (κ2) is 14.5. The Balaban J connectivity index is 1.66. The molecule has 3 aromatic rings. The monoisotopic (exact) mass is 491 g/mol. The van der Waals surface area contributed by atoms with Gasteiger partial charge < -0.3 is 10.3 Å². The third-order valence-corrected chi connectivity index (χ3v) is 6.61. The lowest BCUT2D eigenvalue weighted by Crippen LogP contribution is -2.40. The summed E-state index contributed by atoms with van der Waals surface area (Å²) >= 11 is 0. The van der Waals surface area contributed by atoms with E-state index in [1.807, 2.05) is 25.3 Å². The number of unbranched alkanes of at least 4 members (excludes halogenated alkanes) is 2. The summed E-state index contributed by atoms with van der Waals surface area (Å²) in [7, 11) is 0. The number of hydrogen-bond acceptors (Lipinski definition) is 5. The molecule has 1 amide bonds. The summed E-state index contributed by atoms with van der Waals surface area (Å²) in [6.07, 6.45) is 7.03. The second-order valence-electron chi connectivity index (χ2n) is 9.19. The van der Waals surface area contributed by atoms with Crippen LogP contribution in [0.15, 0.2) is 48.7 Å². The van der Waals surface area contributed by atoms with Crippen LogP contribution in [0.5, 0.6) is 0 Å². The first kappa shape index (κ1) is 27.6. The van der Waals surface area contributed by atoms with E-state index in [4.69, 9.17) is 0 Å². The van der Waals surface area contributed by atoms with Gasteiger partial charge in [0.2, 0.25) is 5.91 Å². The lowest BCUT2D eigenvalue weighted by Gasteiger charge is -2.20. The van der Waals surface area contributed by atoms with Crippen molar-refractivity contribution in [2.75, 3.05) is 19.6 Å². The van der Waals surface area contributed by atoms with Crippen LogP contribution in [0.2, 0.25) is 0 Å². The van der Waals surface area contributed by atoms with E-state index in [1.54, 1.807) is 0 Å². The predicted octanol–water partition coefficient (Wildman–Crippen LogP) is 5.55. The highest BCUT2D eigenvalue weighted by molar-refractivity contribution is 5.86. The van der Waals surface area contributed by atoms with Gasteiger partial charge in [0.25, 0.3) is 0 Å². The van der Waals surface area contributed by atoms with E-state index in [2.05, 4.69) is 69.9 Å². The summed E-state index contributed by atoms with van der Waals surface area (Å²) in [6, 6.07) is 14.5. The number of rotatable bonds is 16. The molecule has 3 N–H and O–H groups in total. The largest absolute Gasteiger partial charge is 0.346 e. The number of nitrogens with one attached hydrogen (secondary N) is 3. The minimum Gasteiger partial charge on any atom is -0.346 e. The molecular weight excluding hydrogens is 450 g/mol. The summed E-state index contributed by atoms with van der Waals surface area (Å²) in [6.45, 7) is 8.47. The maximum Gasteiger partial charge on any atom is 0.221 e. The van der Waals surface area contributed by atoms with Crippen molar-refractivity contribution in [3.05, 3.63) is 54.5 Å². The predicted molar refractivity (Wildman–Crippen MR) is 146 cm³/mol. The van der Waals surface area contributed by atoms with E-state index < -0.39 is 0 Å². The molecule has 1 aromatic heterocycles. The summed E-state index contributed by atoms with van der Waals surface area (Å²) in [5.41, 5.74) is 5.30. The Morgan fingerprint density at radius 2 is 1.75 bits per heavy atom. The van der Waals surface area contributed by atoms with Crippen LogP contribution in [-0.4, -0.2) is 46.3 Å². The number of aromatic amines is 1. The molecule has 194 valence electrons. The Hall–Kier alpha value is -3.03. The van der Waals surface area contributed by atoms with Gasteiger partial charge in [0.05, 0.1) is 17.9 Å².